The van der Waals surface area contributed by atoms with Gasteiger partial charge in [0.25, 0.3) is 0 Å². The monoisotopic (exact) mass is 212 g/mol. The van der Waals surface area contributed by atoms with Crippen molar-refractivity contribution >= 4 is 16.7 Å². The van der Waals surface area contributed by atoms with Crippen molar-refractivity contribution < 1.29 is 0 Å². The third kappa shape index (κ3) is 1.20. The molecule has 4 nitrogen and oxygen atoms in total. The standard InChI is InChI=1S/C12H12N4/c1-7-5-14-11-3-2-8(4-9(7)11)10-6-15-16-12(10)13/h2-6,14H,1H3,(H3,13,15,16). The Balaban J connectivity index is 2.25. The van der Waals surface area contributed by atoms with Gasteiger partial charge in [-0.15, -0.1) is 0 Å². The summed E-state index contributed by atoms with van der Waals surface area (Å²) in [7, 11) is 0. The van der Waals surface area contributed by atoms with Gasteiger partial charge in [-0.1, -0.05) is 6.07 Å². The maximum Gasteiger partial charge on any atom is 0.126 e. The van der Waals surface area contributed by atoms with Crippen molar-refractivity contribution in [2.75, 3.05) is 5.73 Å². The molecule has 0 bridgehead atoms. The molecule has 1 aromatic carbocycles. The molecular formula is C12H12N4. The van der Waals surface area contributed by atoms with Crippen molar-refractivity contribution in [3.63, 3.8) is 0 Å². The molecule has 0 fully saturated rings. The van der Waals surface area contributed by atoms with Crippen LogP contribution >= 0.6 is 0 Å². The van der Waals surface area contributed by atoms with Gasteiger partial charge < -0.3 is 10.7 Å². The molecule has 4 heteroatoms. The summed E-state index contributed by atoms with van der Waals surface area (Å²) in [5.41, 5.74) is 10.2. The molecular weight excluding hydrogens is 200 g/mol. The molecule has 0 aliphatic rings. The minimum absolute atomic E-state index is 0.604. The fourth-order valence-electron chi connectivity index (χ4n) is 1.95. The molecule has 80 valence electrons. The molecule has 0 aliphatic carbocycles. The van der Waals surface area contributed by atoms with E-state index in [1.165, 1.54) is 10.9 Å². The SMILES string of the molecule is Cc1c[nH]c2ccc(-c3cn[nH]c3N)cc12. The number of nitrogens with zero attached hydrogens (tertiary/aromatic N) is 1. The number of nitrogens with two attached hydrogens (primary N) is 1. The quantitative estimate of drug-likeness (QED) is 0.579. The van der Waals surface area contributed by atoms with Gasteiger partial charge in [-0.25, -0.2) is 0 Å². The summed E-state index contributed by atoms with van der Waals surface area (Å²) < 4.78 is 0. The molecule has 2 aromatic heterocycles. The van der Waals surface area contributed by atoms with Crippen molar-refractivity contribution in [3.05, 3.63) is 36.2 Å². The van der Waals surface area contributed by atoms with Crippen LogP contribution in [0.3, 0.4) is 0 Å². The number of aryl methyl sites for hydroxylation is 1. The number of aromatic amines is 2. The van der Waals surface area contributed by atoms with Crippen LogP contribution in [0.2, 0.25) is 0 Å². The number of aromatic nitrogens is 3. The van der Waals surface area contributed by atoms with Crippen LogP contribution in [0.15, 0.2) is 30.6 Å². The summed E-state index contributed by atoms with van der Waals surface area (Å²) in [6.07, 6.45) is 3.76. The van der Waals surface area contributed by atoms with Crippen molar-refractivity contribution in [3.8, 4) is 11.1 Å². The second-order valence-electron chi connectivity index (χ2n) is 3.93. The molecule has 0 amide bonds. The molecule has 0 saturated carbocycles. The maximum absolute atomic E-state index is 5.80. The van der Waals surface area contributed by atoms with Gasteiger partial charge in [0.1, 0.15) is 5.82 Å². The number of hydrogen-bond acceptors (Lipinski definition) is 2. The lowest BCUT2D eigenvalue weighted by atomic mass is 10.1. The number of H-pyrrole nitrogens is 2. The van der Waals surface area contributed by atoms with E-state index in [4.69, 9.17) is 5.73 Å². The number of anilines is 1. The van der Waals surface area contributed by atoms with Crippen molar-refractivity contribution in [2.24, 2.45) is 0 Å². The van der Waals surface area contributed by atoms with Crippen LogP contribution in [0.5, 0.6) is 0 Å². The molecule has 4 N–H and O–H groups in total. The number of hydrogen-bond donors (Lipinski definition) is 3. The Bertz CT molecular complexity index is 648. The van der Waals surface area contributed by atoms with Gasteiger partial charge in [0, 0.05) is 22.7 Å². The second-order valence-corrected chi connectivity index (χ2v) is 3.93. The van der Waals surface area contributed by atoms with E-state index >= 15 is 0 Å². The van der Waals surface area contributed by atoms with Crippen molar-refractivity contribution in [2.45, 2.75) is 6.92 Å². The summed E-state index contributed by atoms with van der Waals surface area (Å²) in [5, 5.41) is 7.89. The van der Waals surface area contributed by atoms with Gasteiger partial charge in [-0.3, -0.25) is 5.10 Å². The van der Waals surface area contributed by atoms with Gasteiger partial charge >= 0.3 is 0 Å². The first kappa shape index (κ1) is 9.03. The highest BCUT2D eigenvalue weighted by Crippen LogP contribution is 2.28. The van der Waals surface area contributed by atoms with E-state index in [1.54, 1.807) is 6.20 Å². The first-order valence-electron chi connectivity index (χ1n) is 5.12. The molecule has 2 heterocycles. The number of nitrogen functional groups attached to an aromatic ring is 1. The van der Waals surface area contributed by atoms with E-state index in [1.807, 2.05) is 12.3 Å². The number of fused-ring (bicyclic) bond motifs is 1. The molecule has 0 unspecified atom stereocenters. The van der Waals surface area contributed by atoms with Crippen LogP contribution in [-0.2, 0) is 0 Å². The molecule has 0 aliphatic heterocycles. The Kier molecular flexibility index (Phi) is 1.77. The largest absolute Gasteiger partial charge is 0.384 e. The topological polar surface area (TPSA) is 70.5 Å². The molecule has 0 saturated heterocycles. The fraction of sp³-hybridized carbons (Fsp3) is 0.0833. The van der Waals surface area contributed by atoms with Crippen molar-refractivity contribution in [1.82, 2.24) is 15.2 Å². The fourth-order valence-corrected chi connectivity index (χ4v) is 1.95. The maximum atomic E-state index is 5.80. The number of rotatable bonds is 1. The number of benzene rings is 1. The predicted molar refractivity (Wildman–Crippen MR) is 65.0 cm³/mol. The minimum atomic E-state index is 0.604. The normalized spacial score (nSPS) is 11.1. The van der Waals surface area contributed by atoms with E-state index in [9.17, 15) is 0 Å². The lowest BCUT2D eigenvalue weighted by molar-refractivity contribution is 1.10. The Morgan fingerprint density at radius 3 is 2.94 bits per heavy atom. The third-order valence-corrected chi connectivity index (χ3v) is 2.87. The Hall–Kier alpha value is -2.23. The van der Waals surface area contributed by atoms with Crippen molar-refractivity contribution in [1.29, 1.82) is 0 Å². The summed E-state index contributed by atoms with van der Waals surface area (Å²) in [4.78, 5) is 3.22. The average molecular weight is 212 g/mol. The minimum Gasteiger partial charge on any atom is -0.384 e. The first-order valence-corrected chi connectivity index (χ1v) is 5.12. The van der Waals surface area contributed by atoms with E-state index < -0.39 is 0 Å². The summed E-state index contributed by atoms with van der Waals surface area (Å²) in [6, 6.07) is 6.23. The first-order chi connectivity index (χ1) is 7.75. The van der Waals surface area contributed by atoms with E-state index in [0.29, 0.717) is 5.82 Å². The van der Waals surface area contributed by atoms with E-state index in [-0.39, 0.29) is 0 Å². The van der Waals surface area contributed by atoms with Gasteiger partial charge in [-0.2, -0.15) is 5.10 Å². The lowest BCUT2D eigenvalue weighted by Gasteiger charge is -2.00. The molecule has 0 spiro atoms. The highest BCUT2D eigenvalue weighted by molar-refractivity contribution is 5.89. The molecule has 3 rings (SSSR count). The average Bonchev–Trinajstić information content (AvgIpc) is 2.86. The number of nitrogens with one attached hydrogen (secondary N) is 2. The lowest BCUT2D eigenvalue weighted by Crippen LogP contribution is -1.87. The Morgan fingerprint density at radius 1 is 1.31 bits per heavy atom. The highest BCUT2D eigenvalue weighted by atomic mass is 15.1. The molecule has 3 aromatic rings. The van der Waals surface area contributed by atoms with Gasteiger partial charge in [0.2, 0.25) is 0 Å². The summed E-state index contributed by atoms with van der Waals surface area (Å²) in [6.45, 7) is 2.08. The van der Waals surface area contributed by atoms with Gasteiger partial charge in [0.05, 0.1) is 6.20 Å². The van der Waals surface area contributed by atoms with Crippen LogP contribution in [0.4, 0.5) is 5.82 Å². The Morgan fingerprint density at radius 2 is 2.19 bits per heavy atom. The Labute approximate surface area is 92.5 Å². The third-order valence-electron chi connectivity index (χ3n) is 2.87. The van der Waals surface area contributed by atoms with Crippen LogP contribution < -0.4 is 5.73 Å². The smallest absolute Gasteiger partial charge is 0.126 e. The van der Waals surface area contributed by atoms with Gasteiger partial charge in [0.15, 0.2) is 0 Å². The van der Waals surface area contributed by atoms with Crippen LogP contribution in [0.25, 0.3) is 22.0 Å². The highest BCUT2D eigenvalue weighted by Gasteiger charge is 2.06. The van der Waals surface area contributed by atoms with E-state index in [0.717, 1.165) is 16.6 Å². The zero-order valence-corrected chi connectivity index (χ0v) is 8.91. The van der Waals surface area contributed by atoms with Gasteiger partial charge in [-0.05, 0) is 30.2 Å². The van der Waals surface area contributed by atoms with Crippen LogP contribution in [0, 0.1) is 6.92 Å². The summed E-state index contributed by atoms with van der Waals surface area (Å²) >= 11 is 0. The zero-order valence-electron chi connectivity index (χ0n) is 8.91. The molecule has 16 heavy (non-hydrogen) atoms. The van der Waals surface area contributed by atoms with E-state index in [2.05, 4.69) is 34.2 Å². The molecule has 0 atom stereocenters. The zero-order chi connectivity index (χ0) is 11.1. The van der Waals surface area contributed by atoms with Crippen LogP contribution in [0.1, 0.15) is 5.56 Å². The second kappa shape index (κ2) is 3.13. The van der Waals surface area contributed by atoms with Crippen LogP contribution in [-0.4, -0.2) is 15.2 Å². The summed E-state index contributed by atoms with van der Waals surface area (Å²) in [5.74, 6) is 0.604. The predicted octanol–water partition coefficient (Wildman–Crippen LogP) is 2.45. The molecule has 0 radical (unpaired) electrons.